The molecule has 0 saturated carbocycles. The summed E-state index contributed by atoms with van der Waals surface area (Å²) in [5, 5.41) is 0. The number of rotatable bonds is 6. The number of benzene rings is 1. The molecule has 0 aliphatic heterocycles. The molecule has 1 aromatic carbocycles. The van der Waals surface area contributed by atoms with Gasteiger partial charge < -0.3 is 14.2 Å². The summed E-state index contributed by atoms with van der Waals surface area (Å²) in [5.41, 5.74) is 1.11. The molecule has 0 radical (unpaired) electrons. The SMILES string of the molecule is CCOc1ccc(OCc2ccccc2)c(C(=O)OC)n1. The molecule has 0 unspecified atom stereocenters. The Balaban J connectivity index is 2.19. The number of pyridine rings is 1. The van der Waals surface area contributed by atoms with Gasteiger partial charge in [-0.2, -0.15) is 0 Å². The lowest BCUT2D eigenvalue weighted by Crippen LogP contribution is -2.09. The van der Waals surface area contributed by atoms with Gasteiger partial charge in [0.05, 0.1) is 13.7 Å². The van der Waals surface area contributed by atoms with Crippen molar-refractivity contribution >= 4 is 5.97 Å². The van der Waals surface area contributed by atoms with Gasteiger partial charge in [0, 0.05) is 6.07 Å². The van der Waals surface area contributed by atoms with Gasteiger partial charge in [0.25, 0.3) is 0 Å². The number of ether oxygens (including phenoxy) is 3. The molecule has 110 valence electrons. The van der Waals surface area contributed by atoms with Crippen LogP contribution in [0.3, 0.4) is 0 Å². The van der Waals surface area contributed by atoms with E-state index in [1.807, 2.05) is 37.3 Å². The van der Waals surface area contributed by atoms with Crippen LogP contribution in [0.15, 0.2) is 42.5 Å². The van der Waals surface area contributed by atoms with E-state index in [1.165, 1.54) is 7.11 Å². The molecular weight excluding hydrogens is 270 g/mol. The highest BCUT2D eigenvalue weighted by Crippen LogP contribution is 2.22. The minimum atomic E-state index is -0.556. The molecule has 0 fully saturated rings. The molecule has 0 aliphatic carbocycles. The molecule has 0 atom stereocenters. The standard InChI is InChI=1S/C16H17NO4/c1-3-20-14-10-9-13(15(17-14)16(18)19-2)21-11-12-7-5-4-6-8-12/h4-10H,3,11H2,1-2H3. The number of aromatic nitrogens is 1. The molecule has 0 amide bonds. The molecule has 0 aliphatic rings. The molecule has 21 heavy (non-hydrogen) atoms. The molecule has 1 aromatic heterocycles. The first-order valence-corrected chi connectivity index (χ1v) is 6.63. The highest BCUT2D eigenvalue weighted by atomic mass is 16.5. The molecule has 2 rings (SSSR count). The van der Waals surface area contributed by atoms with E-state index in [0.29, 0.717) is 24.8 Å². The maximum atomic E-state index is 11.8. The van der Waals surface area contributed by atoms with E-state index in [9.17, 15) is 4.79 Å². The Morgan fingerprint density at radius 1 is 1.10 bits per heavy atom. The maximum Gasteiger partial charge on any atom is 0.360 e. The number of carbonyl (C=O) groups is 1. The Kier molecular flexibility index (Phi) is 5.15. The smallest absolute Gasteiger partial charge is 0.360 e. The molecule has 0 N–H and O–H groups in total. The Morgan fingerprint density at radius 3 is 2.52 bits per heavy atom. The second-order valence-electron chi connectivity index (χ2n) is 4.20. The lowest BCUT2D eigenvalue weighted by Gasteiger charge is -2.11. The third-order valence-corrected chi connectivity index (χ3v) is 2.74. The quantitative estimate of drug-likeness (QED) is 0.765. The summed E-state index contributed by atoms with van der Waals surface area (Å²) in [7, 11) is 1.30. The van der Waals surface area contributed by atoms with Crippen molar-refractivity contribution in [2.75, 3.05) is 13.7 Å². The Bertz CT molecular complexity index is 598. The van der Waals surface area contributed by atoms with E-state index in [0.717, 1.165) is 5.56 Å². The first-order chi connectivity index (χ1) is 10.2. The summed E-state index contributed by atoms with van der Waals surface area (Å²) in [6, 6.07) is 13.0. The van der Waals surface area contributed by atoms with E-state index in [2.05, 4.69) is 4.98 Å². The highest BCUT2D eigenvalue weighted by molar-refractivity contribution is 5.90. The summed E-state index contributed by atoms with van der Waals surface area (Å²) in [4.78, 5) is 15.9. The second-order valence-corrected chi connectivity index (χ2v) is 4.20. The number of esters is 1. The van der Waals surface area contributed by atoms with E-state index in [1.54, 1.807) is 12.1 Å². The van der Waals surface area contributed by atoms with Crippen molar-refractivity contribution in [3.05, 3.63) is 53.7 Å². The zero-order valence-electron chi connectivity index (χ0n) is 12.0. The predicted octanol–water partition coefficient (Wildman–Crippen LogP) is 2.85. The molecular formula is C16H17NO4. The monoisotopic (exact) mass is 287 g/mol. The number of methoxy groups -OCH3 is 1. The van der Waals surface area contributed by atoms with Crippen LogP contribution in [0, 0.1) is 0 Å². The molecule has 0 bridgehead atoms. The van der Waals surface area contributed by atoms with Crippen molar-refractivity contribution in [1.82, 2.24) is 4.98 Å². The first kappa shape index (κ1) is 14.8. The number of nitrogens with zero attached hydrogens (tertiary/aromatic N) is 1. The van der Waals surface area contributed by atoms with Gasteiger partial charge in [-0.05, 0) is 18.6 Å². The van der Waals surface area contributed by atoms with Crippen molar-refractivity contribution < 1.29 is 19.0 Å². The summed E-state index contributed by atoms with van der Waals surface area (Å²) in [5.74, 6) is 0.179. The zero-order valence-corrected chi connectivity index (χ0v) is 12.0. The molecule has 0 saturated heterocycles. The fourth-order valence-corrected chi connectivity index (χ4v) is 1.75. The summed E-state index contributed by atoms with van der Waals surface area (Å²) >= 11 is 0. The van der Waals surface area contributed by atoms with Gasteiger partial charge in [-0.15, -0.1) is 0 Å². The second kappa shape index (κ2) is 7.28. The average molecular weight is 287 g/mol. The van der Waals surface area contributed by atoms with E-state index in [-0.39, 0.29) is 5.69 Å². The Morgan fingerprint density at radius 2 is 1.86 bits per heavy atom. The lowest BCUT2D eigenvalue weighted by molar-refractivity contribution is 0.0587. The van der Waals surface area contributed by atoms with Crippen LogP contribution in [0.1, 0.15) is 23.0 Å². The van der Waals surface area contributed by atoms with Gasteiger partial charge in [-0.25, -0.2) is 9.78 Å². The van der Waals surface area contributed by atoms with Gasteiger partial charge in [0.1, 0.15) is 6.61 Å². The van der Waals surface area contributed by atoms with Gasteiger partial charge in [0.2, 0.25) is 5.88 Å². The van der Waals surface area contributed by atoms with E-state index in [4.69, 9.17) is 14.2 Å². The van der Waals surface area contributed by atoms with Crippen LogP contribution in [0.5, 0.6) is 11.6 Å². The molecule has 0 spiro atoms. The summed E-state index contributed by atoms with van der Waals surface area (Å²) in [6.07, 6.45) is 0. The minimum absolute atomic E-state index is 0.111. The normalized spacial score (nSPS) is 10.0. The number of carbonyl (C=O) groups excluding carboxylic acids is 1. The first-order valence-electron chi connectivity index (χ1n) is 6.63. The Hall–Kier alpha value is -2.56. The lowest BCUT2D eigenvalue weighted by atomic mass is 10.2. The molecule has 2 aromatic rings. The zero-order chi connectivity index (χ0) is 15.1. The fraction of sp³-hybridized carbons (Fsp3) is 0.250. The maximum absolute atomic E-state index is 11.8. The van der Waals surface area contributed by atoms with Gasteiger partial charge in [0.15, 0.2) is 11.4 Å². The Labute approximate surface area is 123 Å². The van der Waals surface area contributed by atoms with Crippen LogP contribution < -0.4 is 9.47 Å². The highest BCUT2D eigenvalue weighted by Gasteiger charge is 2.16. The van der Waals surface area contributed by atoms with Crippen molar-refractivity contribution in [3.8, 4) is 11.6 Å². The van der Waals surface area contributed by atoms with Crippen molar-refractivity contribution in [1.29, 1.82) is 0 Å². The van der Waals surface area contributed by atoms with Crippen LogP contribution in [0.2, 0.25) is 0 Å². The van der Waals surface area contributed by atoms with E-state index < -0.39 is 5.97 Å². The molecule has 5 nitrogen and oxygen atoms in total. The third kappa shape index (κ3) is 3.95. The van der Waals surface area contributed by atoms with Crippen molar-refractivity contribution in [3.63, 3.8) is 0 Å². The minimum Gasteiger partial charge on any atom is -0.486 e. The number of hydrogen-bond acceptors (Lipinski definition) is 5. The van der Waals surface area contributed by atoms with Crippen LogP contribution in [-0.4, -0.2) is 24.7 Å². The van der Waals surface area contributed by atoms with Crippen LogP contribution >= 0.6 is 0 Å². The number of hydrogen-bond donors (Lipinski definition) is 0. The van der Waals surface area contributed by atoms with Gasteiger partial charge in [-0.1, -0.05) is 30.3 Å². The average Bonchev–Trinajstić information content (AvgIpc) is 2.54. The predicted molar refractivity (Wildman–Crippen MR) is 77.5 cm³/mol. The summed E-state index contributed by atoms with van der Waals surface area (Å²) < 4.78 is 15.7. The van der Waals surface area contributed by atoms with Crippen LogP contribution in [0.25, 0.3) is 0 Å². The van der Waals surface area contributed by atoms with Gasteiger partial charge in [-0.3, -0.25) is 0 Å². The van der Waals surface area contributed by atoms with Crippen molar-refractivity contribution in [2.24, 2.45) is 0 Å². The van der Waals surface area contributed by atoms with Crippen LogP contribution in [-0.2, 0) is 11.3 Å². The largest absolute Gasteiger partial charge is 0.486 e. The third-order valence-electron chi connectivity index (χ3n) is 2.74. The van der Waals surface area contributed by atoms with Crippen LogP contribution in [0.4, 0.5) is 0 Å². The van der Waals surface area contributed by atoms with Gasteiger partial charge >= 0.3 is 5.97 Å². The molecule has 1 heterocycles. The van der Waals surface area contributed by atoms with E-state index >= 15 is 0 Å². The van der Waals surface area contributed by atoms with Crippen molar-refractivity contribution in [2.45, 2.75) is 13.5 Å². The topological polar surface area (TPSA) is 57.7 Å². The summed E-state index contributed by atoms with van der Waals surface area (Å²) in [6.45, 7) is 2.66. The molecule has 5 heteroatoms. The fourth-order valence-electron chi connectivity index (χ4n) is 1.75.